The lowest BCUT2D eigenvalue weighted by molar-refractivity contribution is 0.590. The van der Waals surface area contributed by atoms with Gasteiger partial charge in [0.25, 0.3) is 0 Å². The van der Waals surface area contributed by atoms with Gasteiger partial charge in [-0.05, 0) is 70.1 Å². The van der Waals surface area contributed by atoms with Crippen LogP contribution in [0.15, 0.2) is 174 Å². The van der Waals surface area contributed by atoms with E-state index in [2.05, 4.69) is 169 Å². The highest BCUT2D eigenvalue weighted by Crippen LogP contribution is 2.48. The molecule has 1 aromatic heterocycles. The van der Waals surface area contributed by atoms with Gasteiger partial charge >= 0.3 is 0 Å². The zero-order valence-electron chi connectivity index (χ0n) is 25.0. The van der Waals surface area contributed by atoms with Gasteiger partial charge in [0, 0.05) is 39.1 Å². The highest BCUT2D eigenvalue weighted by molar-refractivity contribution is 6.13. The fourth-order valence-electron chi connectivity index (χ4n) is 6.65. The number of hydrogen-bond acceptors (Lipinski definition) is 3. The lowest BCUT2D eigenvalue weighted by Crippen LogP contribution is -2.10. The van der Waals surface area contributed by atoms with Crippen LogP contribution < -0.4 is 4.90 Å². The molecule has 0 saturated carbocycles. The number of rotatable bonds is 6. The zero-order chi connectivity index (χ0) is 30.5. The molecule has 0 amide bonds. The Labute approximate surface area is 267 Å². The van der Waals surface area contributed by atoms with Crippen LogP contribution in [0.25, 0.3) is 67.1 Å². The molecule has 1 aliphatic rings. The summed E-state index contributed by atoms with van der Waals surface area (Å²) >= 11 is 0. The molecule has 1 heterocycles. The van der Waals surface area contributed by atoms with E-state index in [1.165, 1.54) is 27.5 Å². The summed E-state index contributed by atoms with van der Waals surface area (Å²) in [5, 5.41) is 2.42. The van der Waals surface area contributed by atoms with Crippen LogP contribution in [0.5, 0.6) is 0 Å². The van der Waals surface area contributed by atoms with E-state index in [4.69, 9.17) is 9.40 Å². The Balaban J connectivity index is 1.15. The van der Waals surface area contributed by atoms with Crippen molar-refractivity contribution in [3.05, 3.63) is 170 Å². The van der Waals surface area contributed by atoms with E-state index < -0.39 is 0 Å². The van der Waals surface area contributed by atoms with Gasteiger partial charge < -0.3 is 9.32 Å². The minimum atomic E-state index is 0.621. The molecule has 3 heteroatoms. The molecule has 216 valence electrons. The third-order valence-electron chi connectivity index (χ3n) is 8.83. The smallest absolute Gasteiger partial charge is 0.227 e. The first-order chi connectivity index (χ1) is 22.8. The van der Waals surface area contributed by atoms with E-state index in [0.29, 0.717) is 5.89 Å². The predicted octanol–water partition coefficient (Wildman–Crippen LogP) is 11.9. The number of fused-ring (bicyclic) bond motifs is 3. The highest BCUT2D eigenvalue weighted by Gasteiger charge is 2.28. The maximum absolute atomic E-state index is 6.54. The van der Waals surface area contributed by atoms with E-state index in [-0.39, 0.29) is 0 Å². The minimum absolute atomic E-state index is 0.621. The standard InChI is InChI=1S/C43H28N2O/c1-3-11-29(12-4-1)31-23-25-35(26-24-31)45(36-19-7-17-33(27-36)30-13-5-2-6-14-30)37-20-8-18-34(28-37)43-44-41-38-21-9-15-32-16-10-22-39(40(32)38)42(41)46-43/h1-28H. The molecule has 46 heavy (non-hydrogen) atoms. The number of aromatic nitrogens is 1. The third kappa shape index (κ3) is 4.41. The summed E-state index contributed by atoms with van der Waals surface area (Å²) in [6, 6.07) is 59.7. The quantitative estimate of drug-likeness (QED) is 0.193. The van der Waals surface area contributed by atoms with Gasteiger partial charge in [-0.15, -0.1) is 0 Å². The number of nitrogens with zero attached hydrogens (tertiary/aromatic N) is 2. The molecule has 0 unspecified atom stereocenters. The van der Waals surface area contributed by atoms with Crippen molar-refractivity contribution in [3.8, 4) is 56.3 Å². The van der Waals surface area contributed by atoms with Crippen molar-refractivity contribution in [2.75, 3.05) is 4.90 Å². The fraction of sp³-hybridized carbons (Fsp3) is 0. The molecule has 0 aliphatic heterocycles. The lowest BCUT2D eigenvalue weighted by atomic mass is 10.0. The Morgan fingerprint density at radius 3 is 1.65 bits per heavy atom. The number of benzene rings is 7. The summed E-state index contributed by atoms with van der Waals surface area (Å²) in [7, 11) is 0. The van der Waals surface area contributed by atoms with Crippen LogP contribution in [0, 0.1) is 0 Å². The zero-order valence-corrected chi connectivity index (χ0v) is 25.0. The lowest BCUT2D eigenvalue weighted by Gasteiger charge is -2.26. The van der Waals surface area contributed by atoms with Gasteiger partial charge in [0.1, 0.15) is 5.69 Å². The molecule has 0 N–H and O–H groups in total. The maximum atomic E-state index is 6.54. The first kappa shape index (κ1) is 26.2. The minimum Gasteiger partial charge on any atom is -0.435 e. The van der Waals surface area contributed by atoms with Gasteiger partial charge in [-0.25, -0.2) is 4.98 Å². The Bertz CT molecular complexity index is 2300. The van der Waals surface area contributed by atoms with Crippen LogP contribution in [0.4, 0.5) is 17.1 Å². The van der Waals surface area contributed by atoms with Gasteiger partial charge in [0.2, 0.25) is 5.89 Å². The summed E-state index contributed by atoms with van der Waals surface area (Å²) < 4.78 is 6.54. The normalized spacial score (nSPS) is 11.5. The number of oxazole rings is 1. The molecule has 8 aromatic rings. The van der Waals surface area contributed by atoms with Crippen molar-refractivity contribution in [2.45, 2.75) is 0 Å². The van der Waals surface area contributed by atoms with Crippen molar-refractivity contribution in [2.24, 2.45) is 0 Å². The molecule has 0 bridgehead atoms. The van der Waals surface area contributed by atoms with Crippen molar-refractivity contribution < 1.29 is 4.42 Å². The number of hydrogen-bond donors (Lipinski definition) is 0. The van der Waals surface area contributed by atoms with Crippen molar-refractivity contribution in [1.29, 1.82) is 0 Å². The van der Waals surface area contributed by atoms with E-state index in [1.54, 1.807) is 0 Å². The third-order valence-corrected chi connectivity index (χ3v) is 8.83. The summed E-state index contributed by atoms with van der Waals surface area (Å²) in [5.41, 5.74) is 12.0. The van der Waals surface area contributed by atoms with Gasteiger partial charge in [-0.3, -0.25) is 0 Å². The van der Waals surface area contributed by atoms with E-state index in [1.807, 2.05) is 6.07 Å². The van der Waals surface area contributed by atoms with E-state index >= 15 is 0 Å². The molecule has 0 saturated heterocycles. The Kier molecular flexibility index (Phi) is 6.14. The van der Waals surface area contributed by atoms with E-state index in [0.717, 1.165) is 50.8 Å². The van der Waals surface area contributed by atoms with Gasteiger partial charge in [-0.2, -0.15) is 0 Å². The van der Waals surface area contributed by atoms with Crippen LogP contribution in [-0.2, 0) is 0 Å². The molecular weight excluding hydrogens is 560 g/mol. The van der Waals surface area contributed by atoms with Crippen LogP contribution in [0.1, 0.15) is 0 Å². The largest absolute Gasteiger partial charge is 0.435 e. The Hall–Kier alpha value is -6.19. The second-order valence-electron chi connectivity index (χ2n) is 11.6. The summed E-state index contributed by atoms with van der Waals surface area (Å²) in [4.78, 5) is 7.36. The SMILES string of the molecule is c1ccc(-c2ccc(N(c3cccc(-c4ccccc4)c3)c3cccc(-c4nc5c(o4)-c4cccc6cccc-5c46)c3)cc2)cc1. The van der Waals surface area contributed by atoms with Crippen LogP contribution in [-0.4, -0.2) is 4.98 Å². The summed E-state index contributed by atoms with van der Waals surface area (Å²) in [6.45, 7) is 0. The fourth-order valence-corrected chi connectivity index (χ4v) is 6.65. The molecule has 0 atom stereocenters. The maximum Gasteiger partial charge on any atom is 0.227 e. The van der Waals surface area contributed by atoms with Crippen LogP contribution in [0.2, 0.25) is 0 Å². The van der Waals surface area contributed by atoms with Crippen molar-refractivity contribution >= 4 is 27.8 Å². The second-order valence-corrected chi connectivity index (χ2v) is 11.6. The molecule has 9 rings (SSSR count). The first-order valence-corrected chi connectivity index (χ1v) is 15.5. The van der Waals surface area contributed by atoms with Crippen LogP contribution in [0.3, 0.4) is 0 Å². The van der Waals surface area contributed by atoms with Crippen molar-refractivity contribution in [3.63, 3.8) is 0 Å². The molecule has 7 aromatic carbocycles. The van der Waals surface area contributed by atoms with Crippen LogP contribution >= 0.6 is 0 Å². The van der Waals surface area contributed by atoms with Gasteiger partial charge in [0.05, 0.1) is 0 Å². The molecule has 0 fully saturated rings. The van der Waals surface area contributed by atoms with Gasteiger partial charge in [0.15, 0.2) is 5.76 Å². The summed E-state index contributed by atoms with van der Waals surface area (Å²) in [5.74, 6) is 1.46. The molecule has 0 radical (unpaired) electrons. The first-order valence-electron chi connectivity index (χ1n) is 15.5. The topological polar surface area (TPSA) is 29.3 Å². The Morgan fingerprint density at radius 1 is 0.413 bits per heavy atom. The summed E-state index contributed by atoms with van der Waals surface area (Å²) in [6.07, 6.45) is 0. The molecule has 3 nitrogen and oxygen atoms in total. The second kappa shape index (κ2) is 10.8. The highest BCUT2D eigenvalue weighted by atomic mass is 16.4. The average molecular weight is 589 g/mol. The molecule has 1 aliphatic carbocycles. The average Bonchev–Trinajstić information content (AvgIpc) is 3.70. The Morgan fingerprint density at radius 2 is 0.957 bits per heavy atom. The van der Waals surface area contributed by atoms with E-state index in [9.17, 15) is 0 Å². The number of anilines is 3. The predicted molar refractivity (Wildman–Crippen MR) is 189 cm³/mol. The molecular formula is C43H28N2O. The van der Waals surface area contributed by atoms with Crippen molar-refractivity contribution in [1.82, 2.24) is 4.98 Å². The van der Waals surface area contributed by atoms with Gasteiger partial charge in [-0.1, -0.05) is 127 Å². The molecule has 0 spiro atoms. The monoisotopic (exact) mass is 588 g/mol.